The fourth-order valence-corrected chi connectivity index (χ4v) is 1.07. The van der Waals surface area contributed by atoms with E-state index in [0.717, 1.165) is 0 Å². The van der Waals surface area contributed by atoms with Gasteiger partial charge in [-0.2, -0.15) is 0 Å². The first-order valence-electron chi connectivity index (χ1n) is 4.59. The van der Waals surface area contributed by atoms with Gasteiger partial charge in [-0.1, -0.05) is 11.8 Å². The van der Waals surface area contributed by atoms with Crippen LogP contribution in [0.15, 0.2) is 18.2 Å². The highest BCUT2D eigenvalue weighted by Crippen LogP contribution is 2.09. The Morgan fingerprint density at radius 3 is 2.87 bits per heavy atom. The molecule has 0 aliphatic carbocycles. The summed E-state index contributed by atoms with van der Waals surface area (Å²) >= 11 is 0. The van der Waals surface area contributed by atoms with Gasteiger partial charge >= 0.3 is 0 Å². The first-order chi connectivity index (χ1) is 7.15. The minimum absolute atomic E-state index is 0.0910. The zero-order valence-corrected chi connectivity index (χ0v) is 8.73. The summed E-state index contributed by atoms with van der Waals surface area (Å²) in [6, 6.07) is 4.20. The molecule has 0 fully saturated rings. The molecule has 0 saturated carbocycles. The molecule has 0 atom stereocenters. The standard InChI is InChI=1S/C12H12FNO/c1-9(15)10-5-6-12(13)11(8-10)4-3-7-14-2/h5-6,8,14H,7H2,1-2H3. The van der Waals surface area contributed by atoms with Crippen LogP contribution < -0.4 is 5.32 Å². The summed E-state index contributed by atoms with van der Waals surface area (Å²) in [6.45, 7) is 1.93. The summed E-state index contributed by atoms with van der Waals surface area (Å²) in [7, 11) is 1.76. The smallest absolute Gasteiger partial charge is 0.159 e. The summed E-state index contributed by atoms with van der Waals surface area (Å²) in [5.41, 5.74) is 0.739. The van der Waals surface area contributed by atoms with Gasteiger partial charge in [0.2, 0.25) is 0 Å². The third-order valence-corrected chi connectivity index (χ3v) is 1.86. The Balaban J connectivity index is 3.02. The van der Waals surface area contributed by atoms with E-state index in [1.54, 1.807) is 7.05 Å². The van der Waals surface area contributed by atoms with E-state index in [9.17, 15) is 9.18 Å². The molecule has 0 heterocycles. The lowest BCUT2D eigenvalue weighted by atomic mass is 10.1. The lowest BCUT2D eigenvalue weighted by Gasteiger charge is -1.98. The molecule has 1 rings (SSSR count). The summed E-state index contributed by atoms with van der Waals surface area (Å²) < 4.78 is 13.2. The van der Waals surface area contributed by atoms with Crippen molar-refractivity contribution in [1.82, 2.24) is 5.32 Å². The number of carbonyl (C=O) groups is 1. The number of benzene rings is 1. The van der Waals surface area contributed by atoms with Gasteiger partial charge in [0.25, 0.3) is 0 Å². The summed E-state index contributed by atoms with van der Waals surface area (Å²) in [6.07, 6.45) is 0. The van der Waals surface area contributed by atoms with Crippen molar-refractivity contribution in [2.75, 3.05) is 13.6 Å². The minimum atomic E-state index is -0.399. The number of Topliss-reactive ketones (excluding diaryl/α,β-unsaturated/α-hetero) is 1. The molecule has 2 nitrogen and oxygen atoms in total. The fraction of sp³-hybridized carbons (Fsp3) is 0.250. The first kappa shape index (κ1) is 11.4. The third kappa shape index (κ3) is 3.19. The molecule has 1 N–H and O–H groups in total. The second-order valence-corrected chi connectivity index (χ2v) is 3.08. The zero-order valence-electron chi connectivity index (χ0n) is 8.73. The molecule has 0 aromatic heterocycles. The lowest BCUT2D eigenvalue weighted by molar-refractivity contribution is 0.101. The molecular weight excluding hydrogens is 193 g/mol. The van der Waals surface area contributed by atoms with Gasteiger partial charge in [-0.25, -0.2) is 4.39 Å². The van der Waals surface area contributed by atoms with E-state index < -0.39 is 5.82 Å². The van der Waals surface area contributed by atoms with Gasteiger partial charge in [-0.05, 0) is 32.2 Å². The topological polar surface area (TPSA) is 29.1 Å². The normalized spacial score (nSPS) is 9.27. The molecule has 3 heteroatoms. The van der Waals surface area contributed by atoms with Gasteiger partial charge < -0.3 is 5.32 Å². The second-order valence-electron chi connectivity index (χ2n) is 3.08. The summed E-state index contributed by atoms with van der Waals surface area (Å²) in [4.78, 5) is 11.1. The summed E-state index contributed by atoms with van der Waals surface area (Å²) in [5, 5.41) is 2.83. The van der Waals surface area contributed by atoms with E-state index in [2.05, 4.69) is 17.2 Å². The first-order valence-corrected chi connectivity index (χ1v) is 4.59. The van der Waals surface area contributed by atoms with Crippen LogP contribution in [0.25, 0.3) is 0 Å². The quantitative estimate of drug-likeness (QED) is 0.587. The zero-order chi connectivity index (χ0) is 11.3. The van der Waals surface area contributed by atoms with E-state index >= 15 is 0 Å². The molecule has 0 spiro atoms. The molecule has 15 heavy (non-hydrogen) atoms. The molecule has 0 radical (unpaired) electrons. The number of ketones is 1. The second kappa shape index (κ2) is 5.28. The van der Waals surface area contributed by atoms with Gasteiger partial charge in [0.05, 0.1) is 12.1 Å². The molecule has 0 bridgehead atoms. The Kier molecular flexibility index (Phi) is 4.02. The number of carbonyl (C=O) groups excluding carboxylic acids is 1. The van der Waals surface area contributed by atoms with Gasteiger partial charge in [-0.3, -0.25) is 4.79 Å². The molecule has 78 valence electrons. The maximum atomic E-state index is 13.2. The van der Waals surface area contributed by atoms with Crippen molar-refractivity contribution in [2.24, 2.45) is 0 Å². The van der Waals surface area contributed by atoms with Crippen LogP contribution in [0.4, 0.5) is 4.39 Å². The van der Waals surface area contributed by atoms with Crippen LogP contribution in [0.1, 0.15) is 22.8 Å². The van der Waals surface area contributed by atoms with E-state index in [1.807, 2.05) is 0 Å². The van der Waals surface area contributed by atoms with Crippen LogP contribution in [0, 0.1) is 17.7 Å². The van der Waals surface area contributed by atoms with Crippen molar-refractivity contribution in [3.05, 3.63) is 35.1 Å². The minimum Gasteiger partial charge on any atom is -0.309 e. The Bertz CT molecular complexity index is 429. The van der Waals surface area contributed by atoms with Crippen molar-refractivity contribution in [1.29, 1.82) is 0 Å². The molecule has 0 aliphatic rings. The largest absolute Gasteiger partial charge is 0.309 e. The number of hydrogen-bond donors (Lipinski definition) is 1. The number of nitrogens with one attached hydrogen (secondary N) is 1. The molecule has 0 unspecified atom stereocenters. The Morgan fingerprint density at radius 2 is 2.27 bits per heavy atom. The predicted molar refractivity (Wildman–Crippen MR) is 57.2 cm³/mol. The van der Waals surface area contributed by atoms with Crippen molar-refractivity contribution in [3.8, 4) is 11.8 Å². The average molecular weight is 205 g/mol. The van der Waals surface area contributed by atoms with Gasteiger partial charge in [0, 0.05) is 5.56 Å². The van der Waals surface area contributed by atoms with E-state index in [4.69, 9.17) is 0 Å². The van der Waals surface area contributed by atoms with Gasteiger partial charge in [0.1, 0.15) is 5.82 Å². The lowest BCUT2D eigenvalue weighted by Crippen LogP contribution is -2.04. The van der Waals surface area contributed by atoms with Crippen molar-refractivity contribution < 1.29 is 9.18 Å². The highest BCUT2D eigenvalue weighted by Gasteiger charge is 2.03. The molecule has 0 aliphatic heterocycles. The van der Waals surface area contributed by atoms with Crippen molar-refractivity contribution in [2.45, 2.75) is 6.92 Å². The molecule has 1 aromatic rings. The highest BCUT2D eigenvalue weighted by molar-refractivity contribution is 5.94. The fourth-order valence-electron chi connectivity index (χ4n) is 1.07. The molecule has 0 amide bonds. The number of rotatable bonds is 2. The predicted octanol–water partition coefficient (Wildman–Crippen LogP) is 1.60. The van der Waals surface area contributed by atoms with Gasteiger partial charge in [0.15, 0.2) is 5.78 Å². The molecular formula is C12H12FNO. The molecule has 1 aromatic carbocycles. The van der Waals surface area contributed by atoms with Crippen LogP contribution in [0.2, 0.25) is 0 Å². The van der Waals surface area contributed by atoms with Crippen LogP contribution in [-0.4, -0.2) is 19.4 Å². The van der Waals surface area contributed by atoms with Crippen LogP contribution in [0.5, 0.6) is 0 Å². The van der Waals surface area contributed by atoms with Crippen LogP contribution in [-0.2, 0) is 0 Å². The average Bonchev–Trinajstić information content (AvgIpc) is 2.20. The Labute approximate surface area is 88.5 Å². The van der Waals surface area contributed by atoms with E-state index in [-0.39, 0.29) is 11.3 Å². The van der Waals surface area contributed by atoms with Crippen LogP contribution >= 0.6 is 0 Å². The van der Waals surface area contributed by atoms with Crippen LogP contribution in [0.3, 0.4) is 0 Å². The Morgan fingerprint density at radius 1 is 1.53 bits per heavy atom. The summed E-state index contributed by atoms with van der Waals surface area (Å²) in [5.74, 6) is 4.92. The SMILES string of the molecule is CNCC#Cc1cc(C(C)=O)ccc1F. The van der Waals surface area contributed by atoms with Crippen molar-refractivity contribution in [3.63, 3.8) is 0 Å². The monoisotopic (exact) mass is 205 g/mol. The van der Waals surface area contributed by atoms with E-state index in [0.29, 0.717) is 12.1 Å². The Hall–Kier alpha value is -1.66. The molecule has 0 saturated heterocycles. The maximum Gasteiger partial charge on any atom is 0.159 e. The maximum absolute atomic E-state index is 13.2. The van der Waals surface area contributed by atoms with Gasteiger partial charge in [-0.15, -0.1) is 0 Å². The highest BCUT2D eigenvalue weighted by atomic mass is 19.1. The number of hydrogen-bond acceptors (Lipinski definition) is 2. The number of halogens is 1. The van der Waals surface area contributed by atoms with E-state index in [1.165, 1.54) is 25.1 Å². The third-order valence-electron chi connectivity index (χ3n) is 1.86. The van der Waals surface area contributed by atoms with Crippen molar-refractivity contribution >= 4 is 5.78 Å².